The van der Waals surface area contributed by atoms with Crippen molar-refractivity contribution in [3.63, 3.8) is 0 Å². The molecule has 0 unspecified atom stereocenters. The molecule has 0 spiro atoms. The number of nitrogens with two attached hydrogens (primary N) is 1. The second-order valence-corrected chi connectivity index (χ2v) is 4.38. The van der Waals surface area contributed by atoms with Crippen LogP contribution in [0.3, 0.4) is 0 Å². The summed E-state index contributed by atoms with van der Waals surface area (Å²) in [7, 11) is 1.89. The van der Waals surface area contributed by atoms with Gasteiger partial charge in [0.25, 0.3) is 0 Å². The number of hydrogen-bond acceptors (Lipinski definition) is 2. The molecule has 0 aliphatic rings. The molecular formula is C11H14FN3. The van der Waals surface area contributed by atoms with Gasteiger partial charge < -0.3 is 10.3 Å². The summed E-state index contributed by atoms with van der Waals surface area (Å²) in [6.07, 6.45) is 1.22. The minimum Gasteiger partial charge on any atom is -0.331 e. The number of pyridine rings is 1. The van der Waals surface area contributed by atoms with Crippen LogP contribution in [0.5, 0.6) is 0 Å². The Morgan fingerprint density at radius 3 is 2.67 bits per heavy atom. The molecule has 0 saturated carbocycles. The first-order chi connectivity index (χ1) is 6.89. The monoisotopic (exact) mass is 207 g/mol. The smallest absolute Gasteiger partial charge is 0.142 e. The summed E-state index contributed by atoms with van der Waals surface area (Å²) in [5.41, 5.74) is 7.26. The van der Waals surface area contributed by atoms with E-state index in [1.54, 1.807) is 0 Å². The van der Waals surface area contributed by atoms with Gasteiger partial charge in [0.05, 0.1) is 11.7 Å². The quantitative estimate of drug-likeness (QED) is 0.776. The molecule has 80 valence electrons. The van der Waals surface area contributed by atoms with Crippen LogP contribution in [-0.4, -0.2) is 9.55 Å². The summed E-state index contributed by atoms with van der Waals surface area (Å²) in [5, 5.41) is 0.783. The molecule has 2 aromatic heterocycles. The van der Waals surface area contributed by atoms with Gasteiger partial charge in [-0.25, -0.2) is 9.37 Å². The topological polar surface area (TPSA) is 43.8 Å². The van der Waals surface area contributed by atoms with E-state index in [4.69, 9.17) is 5.73 Å². The fourth-order valence-electron chi connectivity index (χ4n) is 1.81. The third-order valence-electron chi connectivity index (χ3n) is 2.49. The second-order valence-electron chi connectivity index (χ2n) is 4.38. The van der Waals surface area contributed by atoms with Crippen molar-refractivity contribution in [2.45, 2.75) is 19.4 Å². The summed E-state index contributed by atoms with van der Waals surface area (Å²) in [4.78, 5) is 4.05. The molecule has 0 bridgehead atoms. The van der Waals surface area contributed by atoms with Crippen LogP contribution in [0.15, 0.2) is 18.3 Å². The predicted molar refractivity (Wildman–Crippen MR) is 57.9 cm³/mol. The summed E-state index contributed by atoms with van der Waals surface area (Å²) >= 11 is 0. The molecule has 2 aromatic rings. The molecule has 0 aliphatic heterocycles. The van der Waals surface area contributed by atoms with E-state index in [1.165, 1.54) is 12.3 Å². The predicted octanol–water partition coefficient (Wildman–Crippen LogP) is 1.91. The Hall–Kier alpha value is -1.42. The first-order valence-corrected chi connectivity index (χ1v) is 4.80. The Kier molecular flexibility index (Phi) is 2.04. The van der Waals surface area contributed by atoms with E-state index in [0.29, 0.717) is 0 Å². The number of aryl methyl sites for hydroxylation is 1. The molecule has 0 radical (unpaired) electrons. The van der Waals surface area contributed by atoms with E-state index in [9.17, 15) is 4.39 Å². The number of halogens is 1. The maximum atomic E-state index is 13.0. The van der Waals surface area contributed by atoms with E-state index in [1.807, 2.05) is 31.5 Å². The summed E-state index contributed by atoms with van der Waals surface area (Å²) < 4.78 is 14.9. The van der Waals surface area contributed by atoms with Crippen molar-refractivity contribution in [2.75, 3.05) is 0 Å². The van der Waals surface area contributed by atoms with E-state index in [2.05, 4.69) is 4.98 Å². The highest BCUT2D eigenvalue weighted by atomic mass is 19.1. The fourth-order valence-corrected chi connectivity index (χ4v) is 1.81. The van der Waals surface area contributed by atoms with Crippen molar-refractivity contribution < 1.29 is 4.39 Å². The highest BCUT2D eigenvalue weighted by Gasteiger charge is 2.20. The van der Waals surface area contributed by atoms with Crippen LogP contribution in [-0.2, 0) is 12.6 Å². The molecule has 4 heteroatoms. The molecule has 0 aliphatic carbocycles. The standard InChI is InChI=1S/C11H14FN3/c1-11(2,13)9-5-7-4-8(12)6-14-10(7)15(9)3/h4-6H,13H2,1-3H3. The Bertz CT molecular complexity index is 508. The molecule has 0 atom stereocenters. The Labute approximate surface area is 87.7 Å². The van der Waals surface area contributed by atoms with Crippen molar-refractivity contribution in [2.24, 2.45) is 12.8 Å². The highest BCUT2D eigenvalue weighted by Crippen LogP contribution is 2.24. The molecule has 0 saturated heterocycles. The van der Waals surface area contributed by atoms with Gasteiger partial charge in [0.15, 0.2) is 0 Å². The number of aromatic nitrogens is 2. The Morgan fingerprint density at radius 2 is 2.07 bits per heavy atom. The van der Waals surface area contributed by atoms with Gasteiger partial charge in [0, 0.05) is 18.1 Å². The summed E-state index contributed by atoms with van der Waals surface area (Å²) in [5.74, 6) is -0.325. The van der Waals surface area contributed by atoms with Crippen molar-refractivity contribution in [3.8, 4) is 0 Å². The van der Waals surface area contributed by atoms with E-state index >= 15 is 0 Å². The van der Waals surface area contributed by atoms with Crippen LogP contribution in [0.2, 0.25) is 0 Å². The first kappa shape index (κ1) is 10.1. The Morgan fingerprint density at radius 1 is 1.40 bits per heavy atom. The normalized spacial score (nSPS) is 12.3. The molecular weight excluding hydrogens is 193 g/mol. The SMILES string of the molecule is Cn1c(C(C)(C)N)cc2cc(F)cnc21. The number of nitrogens with zero attached hydrogens (tertiary/aromatic N) is 2. The minimum atomic E-state index is -0.452. The zero-order chi connectivity index (χ0) is 11.2. The van der Waals surface area contributed by atoms with Crippen LogP contribution in [0.4, 0.5) is 4.39 Å². The third kappa shape index (κ3) is 1.61. The lowest BCUT2D eigenvalue weighted by molar-refractivity contribution is 0.516. The van der Waals surface area contributed by atoms with Crippen LogP contribution < -0.4 is 5.73 Å². The molecule has 0 fully saturated rings. The van der Waals surface area contributed by atoms with Gasteiger partial charge in [0.1, 0.15) is 11.5 Å². The van der Waals surface area contributed by atoms with Crippen LogP contribution in [0, 0.1) is 5.82 Å². The zero-order valence-corrected chi connectivity index (χ0v) is 9.08. The zero-order valence-electron chi connectivity index (χ0n) is 9.08. The lowest BCUT2D eigenvalue weighted by Crippen LogP contribution is -2.30. The lowest BCUT2D eigenvalue weighted by atomic mass is 10.0. The minimum absolute atomic E-state index is 0.325. The summed E-state index contributed by atoms with van der Waals surface area (Å²) in [6.45, 7) is 3.83. The van der Waals surface area contributed by atoms with Crippen molar-refractivity contribution in [1.29, 1.82) is 0 Å². The van der Waals surface area contributed by atoms with Crippen molar-refractivity contribution in [1.82, 2.24) is 9.55 Å². The molecule has 3 nitrogen and oxygen atoms in total. The van der Waals surface area contributed by atoms with Gasteiger partial charge in [-0.2, -0.15) is 0 Å². The van der Waals surface area contributed by atoms with Crippen LogP contribution in [0.25, 0.3) is 11.0 Å². The van der Waals surface area contributed by atoms with Gasteiger partial charge in [-0.15, -0.1) is 0 Å². The van der Waals surface area contributed by atoms with E-state index < -0.39 is 5.54 Å². The third-order valence-corrected chi connectivity index (χ3v) is 2.49. The second kappa shape index (κ2) is 3.03. The number of rotatable bonds is 1. The van der Waals surface area contributed by atoms with E-state index in [0.717, 1.165) is 16.7 Å². The largest absolute Gasteiger partial charge is 0.331 e. The molecule has 0 amide bonds. The average Bonchev–Trinajstić information content (AvgIpc) is 2.42. The Balaban J connectivity index is 2.75. The lowest BCUT2D eigenvalue weighted by Gasteiger charge is -2.19. The van der Waals surface area contributed by atoms with Gasteiger partial charge in [-0.05, 0) is 26.0 Å². The summed E-state index contributed by atoms with van der Waals surface area (Å²) in [6, 6.07) is 3.35. The van der Waals surface area contributed by atoms with Gasteiger partial charge in [-0.3, -0.25) is 0 Å². The number of hydrogen-bond donors (Lipinski definition) is 1. The van der Waals surface area contributed by atoms with Crippen LogP contribution in [0.1, 0.15) is 19.5 Å². The van der Waals surface area contributed by atoms with E-state index in [-0.39, 0.29) is 5.82 Å². The highest BCUT2D eigenvalue weighted by molar-refractivity contribution is 5.77. The fraction of sp³-hybridized carbons (Fsp3) is 0.364. The molecule has 2 N–H and O–H groups in total. The molecule has 2 heterocycles. The number of fused-ring (bicyclic) bond motifs is 1. The maximum absolute atomic E-state index is 13.0. The van der Waals surface area contributed by atoms with Gasteiger partial charge >= 0.3 is 0 Å². The van der Waals surface area contributed by atoms with Crippen molar-refractivity contribution >= 4 is 11.0 Å². The van der Waals surface area contributed by atoms with Crippen molar-refractivity contribution in [3.05, 3.63) is 29.8 Å². The van der Waals surface area contributed by atoms with Gasteiger partial charge in [-0.1, -0.05) is 0 Å². The maximum Gasteiger partial charge on any atom is 0.142 e. The first-order valence-electron chi connectivity index (χ1n) is 4.80. The molecule has 15 heavy (non-hydrogen) atoms. The molecule has 2 rings (SSSR count). The molecule has 0 aromatic carbocycles. The average molecular weight is 207 g/mol. The van der Waals surface area contributed by atoms with Gasteiger partial charge in [0.2, 0.25) is 0 Å². The van der Waals surface area contributed by atoms with Crippen LogP contribution >= 0.6 is 0 Å².